The summed E-state index contributed by atoms with van der Waals surface area (Å²) in [6, 6.07) is 9.32. The van der Waals surface area contributed by atoms with Gasteiger partial charge in [0.05, 0.1) is 29.7 Å². The second-order valence-corrected chi connectivity index (χ2v) is 4.41. The van der Waals surface area contributed by atoms with Gasteiger partial charge < -0.3 is 19.8 Å². The van der Waals surface area contributed by atoms with Crippen molar-refractivity contribution in [1.82, 2.24) is 15.3 Å². The highest BCUT2D eigenvalue weighted by Crippen LogP contribution is 2.11. The standard InChI is InChI=1S/C14H13N3O3/c18-14(19)9-5-10(20-8-9)6-15-7-13-16-11-3-1-2-4-12(11)17-13/h1-5,8,15H,6-7H2,(H,16,17)(H,18,19). The van der Waals surface area contributed by atoms with Crippen LogP contribution in [0.25, 0.3) is 11.0 Å². The number of rotatable bonds is 5. The average Bonchev–Trinajstić information content (AvgIpc) is 3.04. The van der Waals surface area contributed by atoms with E-state index in [4.69, 9.17) is 9.52 Å². The van der Waals surface area contributed by atoms with Gasteiger partial charge in [-0.25, -0.2) is 9.78 Å². The SMILES string of the molecule is O=C(O)c1coc(CNCc2nc3ccccc3[nH]2)c1. The highest BCUT2D eigenvalue weighted by Gasteiger charge is 2.08. The maximum Gasteiger partial charge on any atom is 0.338 e. The molecule has 0 saturated carbocycles. The summed E-state index contributed by atoms with van der Waals surface area (Å²) in [5, 5.41) is 11.9. The third kappa shape index (κ3) is 2.55. The van der Waals surface area contributed by atoms with E-state index >= 15 is 0 Å². The number of furan rings is 1. The summed E-state index contributed by atoms with van der Waals surface area (Å²) < 4.78 is 5.15. The summed E-state index contributed by atoms with van der Waals surface area (Å²) in [6.45, 7) is 1.00. The van der Waals surface area contributed by atoms with Crippen LogP contribution in [0.4, 0.5) is 0 Å². The van der Waals surface area contributed by atoms with E-state index in [0.717, 1.165) is 16.9 Å². The summed E-state index contributed by atoms with van der Waals surface area (Å²) in [7, 11) is 0. The first-order valence-electron chi connectivity index (χ1n) is 6.17. The van der Waals surface area contributed by atoms with E-state index in [9.17, 15) is 4.79 Å². The Bertz CT molecular complexity index is 712. The van der Waals surface area contributed by atoms with E-state index in [1.165, 1.54) is 12.3 Å². The minimum absolute atomic E-state index is 0.158. The Balaban J connectivity index is 1.60. The molecular weight excluding hydrogens is 258 g/mol. The van der Waals surface area contributed by atoms with E-state index in [2.05, 4.69) is 15.3 Å². The maximum absolute atomic E-state index is 10.7. The van der Waals surface area contributed by atoms with Crippen LogP contribution in [0.15, 0.2) is 41.0 Å². The van der Waals surface area contributed by atoms with Crippen molar-refractivity contribution in [3.63, 3.8) is 0 Å². The van der Waals surface area contributed by atoms with Gasteiger partial charge in [-0.3, -0.25) is 0 Å². The Morgan fingerprint density at radius 1 is 1.35 bits per heavy atom. The van der Waals surface area contributed by atoms with Gasteiger partial charge in [-0.15, -0.1) is 0 Å². The molecule has 102 valence electrons. The first-order chi connectivity index (χ1) is 9.72. The van der Waals surface area contributed by atoms with Gasteiger partial charge in [0.1, 0.15) is 17.8 Å². The van der Waals surface area contributed by atoms with Crippen molar-refractivity contribution in [3.05, 3.63) is 53.7 Å². The first-order valence-corrected chi connectivity index (χ1v) is 6.17. The molecule has 2 heterocycles. The average molecular weight is 271 g/mol. The number of aromatic amines is 1. The maximum atomic E-state index is 10.7. The fraction of sp³-hybridized carbons (Fsp3) is 0.143. The Kier molecular flexibility index (Phi) is 3.22. The number of hydrogen-bond donors (Lipinski definition) is 3. The molecule has 0 unspecified atom stereocenters. The molecule has 0 aliphatic heterocycles. The van der Waals surface area contributed by atoms with Crippen LogP contribution >= 0.6 is 0 Å². The zero-order valence-electron chi connectivity index (χ0n) is 10.6. The number of aromatic carboxylic acids is 1. The van der Waals surface area contributed by atoms with Gasteiger partial charge >= 0.3 is 5.97 Å². The second-order valence-electron chi connectivity index (χ2n) is 4.41. The molecule has 2 aromatic heterocycles. The van der Waals surface area contributed by atoms with Gasteiger partial charge in [-0.1, -0.05) is 12.1 Å². The predicted molar refractivity (Wildman–Crippen MR) is 72.3 cm³/mol. The van der Waals surface area contributed by atoms with Crippen LogP contribution in [0.1, 0.15) is 21.9 Å². The number of H-pyrrole nitrogens is 1. The number of carbonyl (C=O) groups is 1. The Morgan fingerprint density at radius 3 is 2.95 bits per heavy atom. The molecule has 0 spiro atoms. The van der Waals surface area contributed by atoms with Crippen molar-refractivity contribution in [2.24, 2.45) is 0 Å². The Hall–Kier alpha value is -2.60. The van der Waals surface area contributed by atoms with Gasteiger partial charge in [-0.05, 0) is 18.2 Å². The number of aromatic nitrogens is 2. The molecule has 3 rings (SSSR count). The zero-order valence-corrected chi connectivity index (χ0v) is 10.6. The third-order valence-corrected chi connectivity index (χ3v) is 2.93. The number of carboxylic acid groups (broad SMARTS) is 1. The third-order valence-electron chi connectivity index (χ3n) is 2.93. The van der Waals surface area contributed by atoms with E-state index in [-0.39, 0.29) is 5.56 Å². The van der Waals surface area contributed by atoms with Gasteiger partial charge in [-0.2, -0.15) is 0 Å². The molecule has 1 aromatic carbocycles. The molecule has 6 nitrogen and oxygen atoms in total. The Labute approximate surface area is 114 Å². The summed E-state index contributed by atoms with van der Waals surface area (Å²) in [5.74, 6) is 0.423. The molecule has 0 amide bonds. The first kappa shape index (κ1) is 12.4. The van der Waals surface area contributed by atoms with E-state index in [0.29, 0.717) is 18.8 Å². The molecule has 0 saturated heterocycles. The molecule has 3 N–H and O–H groups in total. The lowest BCUT2D eigenvalue weighted by Gasteiger charge is -1.98. The lowest BCUT2D eigenvalue weighted by atomic mass is 10.3. The normalized spacial score (nSPS) is 11.0. The number of imidazole rings is 1. The largest absolute Gasteiger partial charge is 0.478 e. The van der Waals surface area contributed by atoms with Gasteiger partial charge in [0, 0.05) is 0 Å². The number of hydrogen-bond acceptors (Lipinski definition) is 4. The van der Waals surface area contributed by atoms with Crippen LogP contribution in [0.3, 0.4) is 0 Å². The quantitative estimate of drug-likeness (QED) is 0.661. The van der Waals surface area contributed by atoms with Gasteiger partial charge in [0.2, 0.25) is 0 Å². The van der Waals surface area contributed by atoms with E-state index < -0.39 is 5.97 Å². The summed E-state index contributed by atoms with van der Waals surface area (Å²) in [4.78, 5) is 18.4. The molecule has 0 fully saturated rings. The lowest BCUT2D eigenvalue weighted by Crippen LogP contribution is -2.13. The fourth-order valence-electron chi connectivity index (χ4n) is 1.98. The van der Waals surface area contributed by atoms with Gasteiger partial charge in [0.25, 0.3) is 0 Å². The lowest BCUT2D eigenvalue weighted by molar-refractivity contribution is 0.0696. The summed E-state index contributed by atoms with van der Waals surface area (Å²) in [5.41, 5.74) is 2.08. The number of carboxylic acids is 1. The van der Waals surface area contributed by atoms with Crippen molar-refractivity contribution >= 4 is 17.0 Å². The smallest absolute Gasteiger partial charge is 0.338 e. The highest BCUT2D eigenvalue weighted by atomic mass is 16.4. The second kappa shape index (κ2) is 5.18. The number of para-hydroxylation sites is 2. The summed E-state index contributed by atoms with van der Waals surface area (Å²) in [6.07, 6.45) is 1.24. The molecule has 0 atom stereocenters. The van der Waals surface area contributed by atoms with Crippen LogP contribution < -0.4 is 5.32 Å². The molecule has 0 radical (unpaired) electrons. The molecule has 3 aromatic rings. The van der Waals surface area contributed by atoms with Crippen LogP contribution in [-0.4, -0.2) is 21.0 Å². The zero-order chi connectivity index (χ0) is 13.9. The highest BCUT2D eigenvalue weighted by molar-refractivity contribution is 5.87. The topological polar surface area (TPSA) is 91.2 Å². The van der Waals surface area contributed by atoms with Crippen molar-refractivity contribution in [3.8, 4) is 0 Å². The predicted octanol–water partition coefficient (Wildman–Crippen LogP) is 2.14. The molecule has 0 aliphatic rings. The number of fused-ring (bicyclic) bond motifs is 1. The summed E-state index contributed by atoms with van der Waals surface area (Å²) >= 11 is 0. The monoisotopic (exact) mass is 271 g/mol. The van der Waals surface area contributed by atoms with Crippen molar-refractivity contribution in [2.75, 3.05) is 0 Å². The van der Waals surface area contributed by atoms with Crippen molar-refractivity contribution in [2.45, 2.75) is 13.1 Å². The van der Waals surface area contributed by atoms with E-state index in [1.807, 2.05) is 24.3 Å². The molecular formula is C14H13N3O3. The van der Waals surface area contributed by atoms with E-state index in [1.54, 1.807) is 0 Å². The molecule has 0 bridgehead atoms. The van der Waals surface area contributed by atoms with Crippen molar-refractivity contribution in [1.29, 1.82) is 0 Å². The molecule has 6 heteroatoms. The number of nitrogens with zero attached hydrogens (tertiary/aromatic N) is 1. The van der Waals surface area contributed by atoms with Crippen LogP contribution in [-0.2, 0) is 13.1 Å². The van der Waals surface area contributed by atoms with Crippen LogP contribution in [0, 0.1) is 0 Å². The number of nitrogens with one attached hydrogen (secondary N) is 2. The fourth-order valence-corrected chi connectivity index (χ4v) is 1.98. The van der Waals surface area contributed by atoms with Gasteiger partial charge in [0.15, 0.2) is 0 Å². The molecule has 0 aliphatic carbocycles. The van der Waals surface area contributed by atoms with Crippen molar-refractivity contribution < 1.29 is 14.3 Å². The minimum atomic E-state index is -0.989. The Morgan fingerprint density at radius 2 is 2.20 bits per heavy atom. The number of benzene rings is 1. The molecule has 20 heavy (non-hydrogen) atoms. The minimum Gasteiger partial charge on any atom is -0.478 e. The van der Waals surface area contributed by atoms with Crippen LogP contribution in [0.5, 0.6) is 0 Å². The van der Waals surface area contributed by atoms with Crippen LogP contribution in [0.2, 0.25) is 0 Å².